The molecule has 0 bridgehead atoms. The molecule has 1 aromatic rings. The lowest BCUT2D eigenvalue weighted by molar-refractivity contribution is 0.0954. The lowest BCUT2D eigenvalue weighted by Crippen LogP contribution is -2.34. The Morgan fingerprint density at radius 1 is 1.50 bits per heavy atom. The molecule has 114 valence electrons. The van der Waals surface area contributed by atoms with E-state index >= 15 is 0 Å². The lowest BCUT2D eigenvalue weighted by atomic mass is 10.1. The molecule has 1 aliphatic heterocycles. The van der Waals surface area contributed by atoms with Gasteiger partial charge in [-0.2, -0.15) is 0 Å². The summed E-state index contributed by atoms with van der Waals surface area (Å²) in [5.41, 5.74) is 1.84. The first kappa shape index (κ1) is 15.4. The maximum atomic E-state index is 11.8. The van der Waals surface area contributed by atoms with E-state index < -0.39 is 10.0 Å². The minimum absolute atomic E-state index is 0.0775. The van der Waals surface area contributed by atoms with Crippen molar-refractivity contribution in [2.45, 2.75) is 39.8 Å². The molecule has 2 rings (SSSR count). The molecule has 0 saturated heterocycles. The molecule has 0 saturated carbocycles. The molecule has 0 fully saturated rings. The van der Waals surface area contributed by atoms with Gasteiger partial charge in [0.25, 0.3) is 0 Å². The number of sulfonamides is 1. The fourth-order valence-corrected chi connectivity index (χ4v) is 3.44. The minimum Gasteiger partial charge on any atom is -0.375 e. The third kappa shape index (κ3) is 4.00. The molecule has 0 amide bonds. The first-order chi connectivity index (χ1) is 9.52. The van der Waals surface area contributed by atoms with Crippen molar-refractivity contribution in [1.82, 2.24) is 19.7 Å². The highest BCUT2D eigenvalue weighted by molar-refractivity contribution is 7.89. The molecule has 0 aliphatic carbocycles. The Kier molecular flexibility index (Phi) is 5.11. The monoisotopic (exact) mass is 302 g/mol. The maximum Gasteiger partial charge on any atom is 0.211 e. The van der Waals surface area contributed by atoms with E-state index in [1.807, 2.05) is 18.5 Å². The van der Waals surface area contributed by atoms with E-state index in [-0.39, 0.29) is 11.7 Å². The number of unbranched alkanes of at least 4 members (excludes halogenated alkanes) is 1. The third-order valence-corrected chi connectivity index (χ3v) is 4.85. The van der Waals surface area contributed by atoms with E-state index in [2.05, 4.69) is 15.0 Å². The summed E-state index contributed by atoms with van der Waals surface area (Å²) in [4.78, 5) is 0. The first-order valence-corrected chi connectivity index (χ1v) is 8.61. The topological polar surface area (TPSA) is 86.1 Å². The molecule has 2 heterocycles. The quantitative estimate of drug-likeness (QED) is 0.824. The first-order valence-electron chi connectivity index (χ1n) is 6.96. The molecular formula is C12H22N4O3S. The lowest BCUT2D eigenvalue weighted by Gasteiger charge is -2.14. The fraction of sp³-hybridized carbons (Fsp3) is 0.833. The van der Waals surface area contributed by atoms with E-state index in [9.17, 15) is 8.42 Å². The Morgan fingerprint density at radius 3 is 3.05 bits per heavy atom. The van der Waals surface area contributed by atoms with Crippen molar-refractivity contribution in [3.05, 3.63) is 11.4 Å². The van der Waals surface area contributed by atoms with Crippen molar-refractivity contribution in [3.63, 3.8) is 0 Å². The van der Waals surface area contributed by atoms with Gasteiger partial charge in [0.2, 0.25) is 10.0 Å². The van der Waals surface area contributed by atoms with Crippen molar-refractivity contribution in [1.29, 1.82) is 0 Å². The number of nitrogens with one attached hydrogen (secondary N) is 1. The Morgan fingerprint density at radius 2 is 2.30 bits per heavy atom. The van der Waals surface area contributed by atoms with Crippen molar-refractivity contribution in [2.24, 2.45) is 5.92 Å². The van der Waals surface area contributed by atoms with Gasteiger partial charge < -0.3 is 4.74 Å². The van der Waals surface area contributed by atoms with Crippen LogP contribution in [-0.4, -0.2) is 42.3 Å². The maximum absolute atomic E-state index is 11.8. The average Bonchev–Trinajstić information content (AvgIpc) is 2.65. The van der Waals surface area contributed by atoms with Crippen LogP contribution in [0.1, 0.15) is 31.2 Å². The molecule has 8 heteroatoms. The number of nitrogens with zero attached hydrogens (tertiary/aromatic N) is 3. The van der Waals surface area contributed by atoms with Gasteiger partial charge >= 0.3 is 0 Å². The van der Waals surface area contributed by atoms with Crippen LogP contribution >= 0.6 is 0 Å². The number of aryl methyl sites for hydroxylation is 1. The van der Waals surface area contributed by atoms with Crippen LogP contribution in [0, 0.1) is 12.8 Å². The molecule has 1 aliphatic rings. The van der Waals surface area contributed by atoms with E-state index in [4.69, 9.17) is 4.74 Å². The summed E-state index contributed by atoms with van der Waals surface area (Å²) in [6.07, 6.45) is 1.55. The van der Waals surface area contributed by atoms with Gasteiger partial charge in [-0.1, -0.05) is 18.6 Å². The number of ether oxygens (including phenoxy) is 1. The molecule has 0 spiro atoms. The number of rotatable bonds is 6. The number of aromatic nitrogens is 3. The van der Waals surface area contributed by atoms with Crippen LogP contribution in [0.2, 0.25) is 0 Å². The predicted molar refractivity (Wildman–Crippen MR) is 74.6 cm³/mol. The molecule has 0 radical (unpaired) electrons. The number of hydrogen-bond acceptors (Lipinski definition) is 5. The molecule has 1 atom stereocenters. The van der Waals surface area contributed by atoms with Crippen molar-refractivity contribution in [2.75, 3.05) is 18.9 Å². The van der Waals surface area contributed by atoms with Gasteiger partial charge in [0.05, 0.1) is 30.4 Å². The van der Waals surface area contributed by atoms with Crippen LogP contribution in [0.3, 0.4) is 0 Å². The van der Waals surface area contributed by atoms with Crippen LogP contribution in [-0.2, 0) is 27.9 Å². The average molecular weight is 302 g/mol. The number of fused-ring (bicyclic) bond motifs is 1. The van der Waals surface area contributed by atoms with Crippen LogP contribution in [0.4, 0.5) is 0 Å². The van der Waals surface area contributed by atoms with E-state index in [1.165, 1.54) is 0 Å². The van der Waals surface area contributed by atoms with E-state index in [1.54, 1.807) is 0 Å². The highest BCUT2D eigenvalue weighted by Gasteiger charge is 2.21. The van der Waals surface area contributed by atoms with Crippen LogP contribution < -0.4 is 4.72 Å². The van der Waals surface area contributed by atoms with Gasteiger partial charge in [0, 0.05) is 19.0 Å². The van der Waals surface area contributed by atoms with Gasteiger partial charge in [0.1, 0.15) is 0 Å². The summed E-state index contributed by atoms with van der Waals surface area (Å²) in [5, 5.41) is 8.09. The van der Waals surface area contributed by atoms with Crippen LogP contribution in [0.25, 0.3) is 0 Å². The summed E-state index contributed by atoms with van der Waals surface area (Å²) >= 11 is 0. The zero-order valence-electron chi connectivity index (χ0n) is 12.0. The molecule has 1 aromatic heterocycles. The SMILES string of the molecule is CCCCS(=O)(=O)NC[C@@H]1COCc2c(C)nnn2C1. The summed E-state index contributed by atoms with van der Waals surface area (Å²) < 4.78 is 33.6. The standard InChI is InChI=1S/C12H22N4O3S/c1-3-4-5-20(17,18)13-6-11-7-16-12(9-19-8-11)10(2)14-15-16/h11,13H,3-9H2,1-2H3/t11-/m0/s1. The van der Waals surface area contributed by atoms with Gasteiger partial charge in [-0.25, -0.2) is 17.8 Å². The van der Waals surface area contributed by atoms with Crippen molar-refractivity contribution < 1.29 is 13.2 Å². The zero-order chi connectivity index (χ0) is 14.6. The predicted octanol–water partition coefficient (Wildman–Crippen LogP) is 0.452. The summed E-state index contributed by atoms with van der Waals surface area (Å²) in [5.74, 6) is 0.263. The zero-order valence-corrected chi connectivity index (χ0v) is 12.8. The highest BCUT2D eigenvalue weighted by atomic mass is 32.2. The Balaban J connectivity index is 1.91. The Labute approximate surface area is 119 Å². The molecule has 7 nitrogen and oxygen atoms in total. The summed E-state index contributed by atoms with van der Waals surface area (Å²) in [6, 6.07) is 0. The second kappa shape index (κ2) is 6.64. The second-order valence-electron chi connectivity index (χ2n) is 5.21. The van der Waals surface area contributed by atoms with Gasteiger partial charge in [-0.15, -0.1) is 5.10 Å². The van der Waals surface area contributed by atoms with E-state index in [0.717, 1.165) is 17.8 Å². The fourth-order valence-electron chi connectivity index (χ4n) is 2.14. The van der Waals surface area contributed by atoms with E-state index in [0.29, 0.717) is 32.7 Å². The van der Waals surface area contributed by atoms with Crippen molar-refractivity contribution in [3.8, 4) is 0 Å². The number of hydrogen-bond donors (Lipinski definition) is 1. The normalized spacial score (nSPS) is 19.6. The largest absolute Gasteiger partial charge is 0.375 e. The third-order valence-electron chi connectivity index (χ3n) is 3.41. The molecule has 0 aromatic carbocycles. The molecule has 1 N–H and O–H groups in total. The Bertz CT molecular complexity index is 541. The summed E-state index contributed by atoms with van der Waals surface area (Å²) in [6.45, 7) is 5.90. The Hall–Kier alpha value is -0.990. The van der Waals surface area contributed by atoms with Gasteiger partial charge in [-0.05, 0) is 13.3 Å². The van der Waals surface area contributed by atoms with Crippen LogP contribution in [0.15, 0.2) is 0 Å². The van der Waals surface area contributed by atoms with Crippen LogP contribution in [0.5, 0.6) is 0 Å². The smallest absolute Gasteiger partial charge is 0.211 e. The summed E-state index contributed by atoms with van der Waals surface area (Å²) in [7, 11) is -3.18. The molecular weight excluding hydrogens is 280 g/mol. The van der Waals surface area contributed by atoms with Gasteiger partial charge in [-0.3, -0.25) is 0 Å². The van der Waals surface area contributed by atoms with Crippen molar-refractivity contribution >= 4 is 10.0 Å². The molecule has 0 unspecified atom stereocenters. The highest BCUT2D eigenvalue weighted by Crippen LogP contribution is 2.14. The minimum atomic E-state index is -3.18. The second-order valence-corrected chi connectivity index (χ2v) is 7.13. The van der Waals surface area contributed by atoms with Gasteiger partial charge in [0.15, 0.2) is 0 Å². The molecule has 20 heavy (non-hydrogen) atoms.